The van der Waals surface area contributed by atoms with Crippen molar-refractivity contribution in [3.8, 4) is 11.5 Å². The molecule has 0 bridgehead atoms. The van der Waals surface area contributed by atoms with Crippen molar-refractivity contribution in [2.75, 3.05) is 52.0 Å². The molecule has 1 heterocycles. The molecule has 27 heavy (non-hydrogen) atoms. The van der Waals surface area contributed by atoms with Crippen LogP contribution in [0.25, 0.3) is 0 Å². The van der Waals surface area contributed by atoms with Crippen molar-refractivity contribution < 1.29 is 23.7 Å². The van der Waals surface area contributed by atoms with Gasteiger partial charge in [-0.3, -0.25) is 0 Å². The number of amides is 1. The van der Waals surface area contributed by atoms with Crippen molar-refractivity contribution in [1.82, 2.24) is 4.90 Å². The first-order valence-electron chi connectivity index (χ1n) is 9.29. The first-order valence-corrected chi connectivity index (χ1v) is 9.29. The van der Waals surface area contributed by atoms with Crippen LogP contribution in [-0.4, -0.2) is 69.7 Å². The van der Waals surface area contributed by atoms with E-state index in [9.17, 15) is 4.79 Å². The number of nitrogens with zero attached hydrogens (tertiary/aromatic N) is 2. The van der Waals surface area contributed by atoms with E-state index in [4.69, 9.17) is 18.9 Å². The molecule has 0 spiro atoms. The summed E-state index contributed by atoms with van der Waals surface area (Å²) in [6, 6.07) is 5.95. The van der Waals surface area contributed by atoms with Crippen molar-refractivity contribution in [1.29, 1.82) is 0 Å². The van der Waals surface area contributed by atoms with Crippen LogP contribution < -0.4 is 14.4 Å². The highest BCUT2D eigenvalue weighted by Gasteiger charge is 2.31. The average Bonchev–Trinajstić information content (AvgIpc) is 2.60. The second-order valence-electron chi connectivity index (χ2n) is 7.65. The number of hydrogen-bond acceptors (Lipinski definition) is 6. The van der Waals surface area contributed by atoms with Crippen LogP contribution in [0, 0.1) is 0 Å². The fourth-order valence-corrected chi connectivity index (χ4v) is 2.99. The van der Waals surface area contributed by atoms with E-state index in [0.717, 1.165) is 18.8 Å². The van der Waals surface area contributed by atoms with Gasteiger partial charge in [-0.15, -0.1) is 0 Å². The van der Waals surface area contributed by atoms with E-state index in [1.165, 1.54) is 0 Å². The molecule has 1 amide bonds. The van der Waals surface area contributed by atoms with Gasteiger partial charge in [0.2, 0.25) is 0 Å². The maximum atomic E-state index is 12.4. The third-order valence-electron chi connectivity index (χ3n) is 4.31. The lowest BCUT2D eigenvalue weighted by atomic mass is 10.1. The van der Waals surface area contributed by atoms with Crippen LogP contribution in [0.2, 0.25) is 0 Å². The quantitative estimate of drug-likeness (QED) is 0.707. The molecule has 2 rings (SSSR count). The standard InChI is InChI=1S/C20H32N2O5/c1-15-14-21(9-10-22(15)19(23)27-20(2,3)4)16-7-8-17(18(13-16)25-6)26-12-11-24-5/h7-8,13,15H,9-12,14H2,1-6H3/t15-/m1/s1. The highest BCUT2D eigenvalue weighted by molar-refractivity contribution is 5.69. The molecule has 1 atom stereocenters. The number of hydrogen-bond donors (Lipinski definition) is 0. The van der Waals surface area contributed by atoms with E-state index in [1.807, 2.05) is 45.9 Å². The minimum atomic E-state index is -0.486. The second-order valence-corrected chi connectivity index (χ2v) is 7.65. The number of carbonyl (C=O) groups is 1. The van der Waals surface area contributed by atoms with Gasteiger partial charge in [0.05, 0.1) is 13.7 Å². The van der Waals surface area contributed by atoms with Crippen LogP contribution in [0.15, 0.2) is 18.2 Å². The van der Waals surface area contributed by atoms with Crippen molar-refractivity contribution in [3.05, 3.63) is 18.2 Å². The van der Waals surface area contributed by atoms with Gasteiger partial charge in [-0.05, 0) is 39.8 Å². The molecule has 0 aromatic heterocycles. The molecule has 1 aromatic carbocycles. The third-order valence-corrected chi connectivity index (χ3v) is 4.31. The number of methoxy groups -OCH3 is 2. The fraction of sp³-hybridized carbons (Fsp3) is 0.650. The summed E-state index contributed by atoms with van der Waals surface area (Å²) in [4.78, 5) is 16.4. The van der Waals surface area contributed by atoms with Gasteiger partial charge in [0, 0.05) is 44.5 Å². The highest BCUT2D eigenvalue weighted by atomic mass is 16.6. The van der Waals surface area contributed by atoms with Gasteiger partial charge in [-0.25, -0.2) is 4.79 Å². The van der Waals surface area contributed by atoms with E-state index >= 15 is 0 Å². The van der Waals surface area contributed by atoms with Crippen LogP contribution >= 0.6 is 0 Å². The Morgan fingerprint density at radius 3 is 2.48 bits per heavy atom. The monoisotopic (exact) mass is 380 g/mol. The van der Waals surface area contributed by atoms with Crippen LogP contribution in [0.3, 0.4) is 0 Å². The Balaban J connectivity index is 2.02. The Labute approximate surface area is 162 Å². The molecule has 0 radical (unpaired) electrons. The highest BCUT2D eigenvalue weighted by Crippen LogP contribution is 2.32. The summed E-state index contributed by atoms with van der Waals surface area (Å²) in [6.07, 6.45) is -0.255. The van der Waals surface area contributed by atoms with Gasteiger partial charge < -0.3 is 28.7 Å². The Hall–Kier alpha value is -2.15. The van der Waals surface area contributed by atoms with Crippen LogP contribution in [0.1, 0.15) is 27.7 Å². The maximum Gasteiger partial charge on any atom is 0.410 e. The summed E-state index contributed by atoms with van der Waals surface area (Å²) < 4.78 is 21.7. The molecule has 7 heteroatoms. The molecule has 0 N–H and O–H groups in total. The van der Waals surface area contributed by atoms with Gasteiger partial charge >= 0.3 is 6.09 Å². The maximum absolute atomic E-state index is 12.4. The van der Waals surface area contributed by atoms with Gasteiger partial charge in [0.25, 0.3) is 0 Å². The molecule has 152 valence electrons. The Bertz CT molecular complexity index is 629. The zero-order valence-corrected chi connectivity index (χ0v) is 17.3. The van der Waals surface area contributed by atoms with Gasteiger partial charge in [-0.2, -0.15) is 0 Å². The predicted octanol–water partition coefficient (Wildman–Crippen LogP) is 3.17. The van der Waals surface area contributed by atoms with E-state index in [2.05, 4.69) is 4.90 Å². The minimum absolute atomic E-state index is 0.0530. The molecular formula is C20H32N2O5. The van der Waals surface area contributed by atoms with E-state index in [0.29, 0.717) is 31.3 Å². The lowest BCUT2D eigenvalue weighted by Gasteiger charge is -2.41. The molecule has 0 unspecified atom stereocenters. The van der Waals surface area contributed by atoms with Gasteiger partial charge in [0.15, 0.2) is 11.5 Å². The zero-order chi connectivity index (χ0) is 20.0. The van der Waals surface area contributed by atoms with E-state index < -0.39 is 5.60 Å². The lowest BCUT2D eigenvalue weighted by Crippen LogP contribution is -2.55. The van der Waals surface area contributed by atoms with Gasteiger partial charge in [-0.1, -0.05) is 0 Å². The minimum Gasteiger partial charge on any atom is -0.493 e. The number of piperazine rings is 1. The molecular weight excluding hydrogens is 348 g/mol. The van der Waals surface area contributed by atoms with E-state index in [1.54, 1.807) is 19.1 Å². The van der Waals surface area contributed by atoms with Crippen LogP contribution in [-0.2, 0) is 9.47 Å². The van der Waals surface area contributed by atoms with Gasteiger partial charge in [0.1, 0.15) is 12.2 Å². The largest absolute Gasteiger partial charge is 0.493 e. The summed E-state index contributed by atoms with van der Waals surface area (Å²) in [5, 5.41) is 0. The number of ether oxygens (including phenoxy) is 4. The summed E-state index contributed by atoms with van der Waals surface area (Å²) >= 11 is 0. The lowest BCUT2D eigenvalue weighted by molar-refractivity contribution is 0.0159. The normalized spacial score (nSPS) is 17.6. The Kier molecular flexibility index (Phi) is 7.18. The van der Waals surface area contributed by atoms with E-state index in [-0.39, 0.29) is 12.1 Å². The van der Waals surface area contributed by atoms with Crippen LogP contribution in [0.5, 0.6) is 11.5 Å². The molecule has 1 aliphatic rings. The first kappa shape index (κ1) is 21.2. The van der Waals surface area contributed by atoms with Crippen molar-refractivity contribution in [2.24, 2.45) is 0 Å². The zero-order valence-electron chi connectivity index (χ0n) is 17.3. The van der Waals surface area contributed by atoms with Crippen LogP contribution in [0.4, 0.5) is 10.5 Å². The molecule has 1 aromatic rings. The van der Waals surface area contributed by atoms with Crippen molar-refractivity contribution in [3.63, 3.8) is 0 Å². The summed E-state index contributed by atoms with van der Waals surface area (Å²) in [6.45, 7) is 10.8. The molecule has 7 nitrogen and oxygen atoms in total. The third kappa shape index (κ3) is 5.92. The Morgan fingerprint density at radius 1 is 1.15 bits per heavy atom. The molecule has 1 fully saturated rings. The molecule has 1 saturated heterocycles. The summed E-state index contributed by atoms with van der Waals surface area (Å²) in [7, 11) is 3.27. The average molecular weight is 380 g/mol. The predicted molar refractivity (Wildman–Crippen MR) is 105 cm³/mol. The smallest absolute Gasteiger partial charge is 0.410 e. The molecule has 0 aliphatic carbocycles. The topological polar surface area (TPSA) is 60.5 Å². The first-order chi connectivity index (χ1) is 12.7. The number of carbonyl (C=O) groups excluding carboxylic acids is 1. The summed E-state index contributed by atoms with van der Waals surface area (Å²) in [5.74, 6) is 1.38. The molecule has 0 saturated carbocycles. The molecule has 1 aliphatic heterocycles. The Morgan fingerprint density at radius 2 is 1.89 bits per heavy atom. The second kappa shape index (κ2) is 9.17. The number of rotatable bonds is 6. The summed E-state index contributed by atoms with van der Waals surface area (Å²) in [5.41, 5.74) is 0.557. The van der Waals surface area contributed by atoms with Crippen molar-refractivity contribution >= 4 is 11.8 Å². The number of benzene rings is 1. The SMILES string of the molecule is COCCOc1ccc(N2CCN(C(=O)OC(C)(C)C)[C@H](C)C2)cc1OC. The number of anilines is 1. The fourth-order valence-electron chi connectivity index (χ4n) is 2.99. The van der Waals surface area contributed by atoms with Crippen molar-refractivity contribution in [2.45, 2.75) is 39.3 Å².